The molecule has 4 rings (SSSR count). The maximum atomic E-state index is 12.3. The monoisotopic (exact) mass is 379 g/mol. The molecule has 0 aliphatic heterocycles. The average molecular weight is 380 g/mol. The topological polar surface area (TPSA) is 64.0 Å². The van der Waals surface area contributed by atoms with Crippen LogP contribution in [0.15, 0.2) is 30.3 Å². The third-order valence-electron chi connectivity index (χ3n) is 4.77. The van der Waals surface area contributed by atoms with Gasteiger partial charge in [0.05, 0.1) is 18.0 Å². The molecule has 0 unspecified atom stereocenters. The van der Waals surface area contributed by atoms with Crippen LogP contribution in [0.2, 0.25) is 5.02 Å². The Morgan fingerprint density at radius 2 is 1.88 bits per heavy atom. The van der Waals surface area contributed by atoms with E-state index in [2.05, 4.69) is 10.8 Å². The molecule has 134 valence electrons. The van der Waals surface area contributed by atoms with Crippen LogP contribution < -0.4 is 4.72 Å². The van der Waals surface area contributed by atoms with Gasteiger partial charge in [-0.25, -0.2) is 13.1 Å². The van der Waals surface area contributed by atoms with E-state index in [-0.39, 0.29) is 5.75 Å². The van der Waals surface area contributed by atoms with Crippen LogP contribution in [0.25, 0.3) is 0 Å². The molecule has 0 bridgehead atoms. The summed E-state index contributed by atoms with van der Waals surface area (Å²) >= 11 is 6.05. The van der Waals surface area contributed by atoms with Gasteiger partial charge in [-0.2, -0.15) is 5.10 Å². The molecule has 0 saturated heterocycles. The van der Waals surface area contributed by atoms with E-state index in [9.17, 15) is 8.42 Å². The molecular weight excluding hydrogens is 358 g/mol. The summed E-state index contributed by atoms with van der Waals surface area (Å²) in [6.07, 6.45) is 4.89. The highest BCUT2D eigenvalue weighted by Gasteiger charge is 2.32. The summed E-state index contributed by atoms with van der Waals surface area (Å²) in [5.41, 5.74) is 3.07. The second-order valence-electron chi connectivity index (χ2n) is 7.01. The maximum Gasteiger partial charge on any atom is 0.215 e. The zero-order chi connectivity index (χ0) is 17.4. The van der Waals surface area contributed by atoms with Crippen molar-refractivity contribution in [3.8, 4) is 0 Å². The normalized spacial score (nSPS) is 17.8. The van der Waals surface area contributed by atoms with Gasteiger partial charge in [-0.3, -0.25) is 4.68 Å². The summed E-state index contributed by atoms with van der Waals surface area (Å²) in [6.45, 7) is 0.915. The molecular formula is C18H22ClN3O2S. The number of nitrogens with zero attached hydrogens (tertiary/aromatic N) is 2. The van der Waals surface area contributed by atoms with E-state index in [1.165, 1.54) is 37.1 Å². The first-order valence-corrected chi connectivity index (χ1v) is 10.8. The zero-order valence-electron chi connectivity index (χ0n) is 14.0. The van der Waals surface area contributed by atoms with Gasteiger partial charge in [0.2, 0.25) is 10.0 Å². The molecule has 7 heteroatoms. The van der Waals surface area contributed by atoms with E-state index in [0.29, 0.717) is 35.5 Å². The van der Waals surface area contributed by atoms with Crippen molar-refractivity contribution in [3.63, 3.8) is 0 Å². The van der Waals surface area contributed by atoms with Crippen LogP contribution >= 0.6 is 11.6 Å². The van der Waals surface area contributed by atoms with Crippen LogP contribution in [0, 0.1) is 0 Å². The summed E-state index contributed by atoms with van der Waals surface area (Å²) in [5, 5.41) is 5.19. The van der Waals surface area contributed by atoms with Gasteiger partial charge in [0.15, 0.2) is 0 Å². The number of sulfonamides is 1. The summed E-state index contributed by atoms with van der Waals surface area (Å²) in [4.78, 5) is 0. The third kappa shape index (κ3) is 4.25. The molecule has 2 aliphatic rings. The lowest BCUT2D eigenvalue weighted by Gasteiger charge is -2.10. The standard InChI is InChI=1S/C18H22ClN3O2S/c19-16-4-2-1-3-15(16)12-25(23,24)20-9-10-22-18(14-7-8-14)11-17(21-22)13-5-6-13/h1-4,11,13-14,20H,5-10,12H2. The Morgan fingerprint density at radius 3 is 2.56 bits per heavy atom. The fraction of sp³-hybridized carbons (Fsp3) is 0.500. The van der Waals surface area contributed by atoms with Crippen LogP contribution in [-0.4, -0.2) is 24.7 Å². The second kappa shape index (κ2) is 6.74. The molecule has 5 nitrogen and oxygen atoms in total. The van der Waals surface area contributed by atoms with Crippen LogP contribution in [0.5, 0.6) is 0 Å². The minimum atomic E-state index is -3.42. The van der Waals surface area contributed by atoms with E-state index in [1.54, 1.807) is 24.3 Å². The molecule has 0 spiro atoms. The number of benzene rings is 1. The first kappa shape index (κ1) is 17.1. The van der Waals surface area contributed by atoms with Crippen LogP contribution in [-0.2, 0) is 22.3 Å². The summed E-state index contributed by atoms with van der Waals surface area (Å²) in [6, 6.07) is 9.26. The van der Waals surface area contributed by atoms with E-state index in [1.807, 2.05) is 4.68 Å². The van der Waals surface area contributed by atoms with Crippen molar-refractivity contribution in [2.45, 2.75) is 49.8 Å². The minimum Gasteiger partial charge on any atom is -0.268 e. The zero-order valence-corrected chi connectivity index (χ0v) is 15.6. The summed E-state index contributed by atoms with van der Waals surface area (Å²) in [5.74, 6) is 1.13. The fourth-order valence-electron chi connectivity index (χ4n) is 3.10. The van der Waals surface area contributed by atoms with Crippen molar-refractivity contribution < 1.29 is 8.42 Å². The number of hydrogen-bond donors (Lipinski definition) is 1. The van der Waals surface area contributed by atoms with Crippen LogP contribution in [0.4, 0.5) is 0 Å². The number of nitrogens with one attached hydrogen (secondary N) is 1. The van der Waals surface area contributed by atoms with Crippen molar-refractivity contribution in [2.24, 2.45) is 0 Å². The molecule has 2 aromatic rings. The molecule has 2 aliphatic carbocycles. The third-order valence-corrected chi connectivity index (χ3v) is 6.47. The molecule has 25 heavy (non-hydrogen) atoms. The van der Waals surface area contributed by atoms with Gasteiger partial charge in [-0.1, -0.05) is 29.8 Å². The number of rotatable bonds is 8. The molecule has 1 aromatic heterocycles. The Morgan fingerprint density at radius 1 is 1.16 bits per heavy atom. The highest BCUT2D eigenvalue weighted by Crippen LogP contribution is 2.44. The molecule has 2 fully saturated rings. The predicted octanol–water partition coefficient (Wildman–Crippen LogP) is 3.41. The van der Waals surface area contributed by atoms with Crippen molar-refractivity contribution in [2.75, 3.05) is 6.54 Å². The van der Waals surface area contributed by atoms with Crippen LogP contribution in [0.3, 0.4) is 0 Å². The van der Waals surface area contributed by atoms with E-state index >= 15 is 0 Å². The Kier molecular flexibility index (Phi) is 4.60. The smallest absolute Gasteiger partial charge is 0.215 e. The number of hydrogen-bond acceptors (Lipinski definition) is 3. The number of halogens is 1. The van der Waals surface area contributed by atoms with Gasteiger partial charge in [-0.05, 0) is 43.4 Å². The quantitative estimate of drug-likeness (QED) is 0.764. The Bertz CT molecular complexity index is 870. The maximum absolute atomic E-state index is 12.3. The lowest BCUT2D eigenvalue weighted by molar-refractivity contribution is 0.547. The molecule has 1 N–H and O–H groups in total. The largest absolute Gasteiger partial charge is 0.268 e. The highest BCUT2D eigenvalue weighted by molar-refractivity contribution is 7.88. The predicted molar refractivity (Wildman–Crippen MR) is 98.3 cm³/mol. The van der Waals surface area contributed by atoms with Gasteiger partial charge < -0.3 is 0 Å². The molecule has 0 radical (unpaired) electrons. The van der Waals surface area contributed by atoms with E-state index in [0.717, 1.165) is 0 Å². The molecule has 2 saturated carbocycles. The highest BCUT2D eigenvalue weighted by atomic mass is 35.5. The Balaban J connectivity index is 1.38. The Labute approximate surface area is 153 Å². The molecule has 1 heterocycles. The van der Waals surface area contributed by atoms with E-state index < -0.39 is 10.0 Å². The Hall–Kier alpha value is -1.37. The molecule has 0 amide bonds. The van der Waals surface area contributed by atoms with Gasteiger partial charge in [0.1, 0.15) is 0 Å². The summed E-state index contributed by atoms with van der Waals surface area (Å²) < 4.78 is 29.3. The average Bonchev–Trinajstić information content (AvgIpc) is 3.48. The first-order valence-electron chi connectivity index (χ1n) is 8.80. The van der Waals surface area contributed by atoms with Gasteiger partial charge >= 0.3 is 0 Å². The summed E-state index contributed by atoms with van der Waals surface area (Å²) in [7, 11) is -3.42. The van der Waals surface area contributed by atoms with Crippen molar-refractivity contribution in [1.82, 2.24) is 14.5 Å². The molecule has 1 aromatic carbocycles. The SMILES string of the molecule is O=S(=O)(Cc1ccccc1Cl)NCCn1nc(C2CC2)cc1C1CC1. The van der Waals surface area contributed by atoms with Crippen molar-refractivity contribution in [1.29, 1.82) is 0 Å². The number of aromatic nitrogens is 2. The van der Waals surface area contributed by atoms with Gasteiger partial charge in [0, 0.05) is 29.1 Å². The second-order valence-corrected chi connectivity index (χ2v) is 9.22. The minimum absolute atomic E-state index is 0.103. The lowest BCUT2D eigenvalue weighted by Crippen LogP contribution is -2.29. The van der Waals surface area contributed by atoms with Gasteiger partial charge in [-0.15, -0.1) is 0 Å². The van der Waals surface area contributed by atoms with E-state index in [4.69, 9.17) is 16.7 Å². The lowest BCUT2D eigenvalue weighted by atomic mass is 10.2. The van der Waals surface area contributed by atoms with Crippen LogP contribution in [0.1, 0.15) is 54.5 Å². The van der Waals surface area contributed by atoms with Crippen molar-refractivity contribution >= 4 is 21.6 Å². The first-order chi connectivity index (χ1) is 12.0. The van der Waals surface area contributed by atoms with Crippen molar-refractivity contribution in [3.05, 3.63) is 52.3 Å². The van der Waals surface area contributed by atoms with Gasteiger partial charge in [0.25, 0.3) is 0 Å². The molecule has 0 atom stereocenters. The fourth-order valence-corrected chi connectivity index (χ4v) is 4.54.